The Hall–Kier alpha value is -3.44. The van der Waals surface area contributed by atoms with Crippen LogP contribution in [0.15, 0.2) is 66.7 Å². The summed E-state index contributed by atoms with van der Waals surface area (Å²) in [5.41, 5.74) is 6.73. The quantitative estimate of drug-likeness (QED) is 0.554. The lowest BCUT2D eigenvalue weighted by Gasteiger charge is -2.27. The molecule has 5 rings (SSSR count). The van der Waals surface area contributed by atoms with Gasteiger partial charge in [0, 0.05) is 29.9 Å². The Morgan fingerprint density at radius 1 is 0.909 bits per heavy atom. The van der Waals surface area contributed by atoms with Crippen LogP contribution in [0.5, 0.6) is 0 Å². The number of rotatable bonds is 5. The van der Waals surface area contributed by atoms with Gasteiger partial charge in [-0.25, -0.2) is 0 Å². The van der Waals surface area contributed by atoms with Crippen LogP contribution in [0.3, 0.4) is 0 Å². The Labute approximate surface area is 194 Å². The van der Waals surface area contributed by atoms with Crippen molar-refractivity contribution in [2.24, 2.45) is 0 Å². The van der Waals surface area contributed by atoms with Crippen molar-refractivity contribution in [3.8, 4) is 11.1 Å². The second-order valence-corrected chi connectivity index (χ2v) is 8.95. The lowest BCUT2D eigenvalue weighted by atomic mass is 9.96. The molecule has 3 aromatic rings. The summed E-state index contributed by atoms with van der Waals surface area (Å²) >= 11 is 0. The van der Waals surface area contributed by atoms with E-state index in [4.69, 9.17) is 0 Å². The Morgan fingerprint density at radius 2 is 1.73 bits per heavy atom. The molecule has 0 saturated carbocycles. The number of nitrogens with zero attached hydrogens (tertiary/aromatic N) is 1. The Morgan fingerprint density at radius 3 is 2.55 bits per heavy atom. The van der Waals surface area contributed by atoms with Gasteiger partial charge in [0.05, 0.1) is 0 Å². The molecule has 0 aromatic heterocycles. The van der Waals surface area contributed by atoms with E-state index in [9.17, 15) is 9.59 Å². The van der Waals surface area contributed by atoms with Crippen molar-refractivity contribution in [3.05, 3.63) is 83.4 Å². The van der Waals surface area contributed by atoms with Crippen LogP contribution in [-0.4, -0.2) is 29.8 Å². The predicted molar refractivity (Wildman–Crippen MR) is 132 cm³/mol. The second-order valence-electron chi connectivity index (χ2n) is 8.95. The van der Waals surface area contributed by atoms with Gasteiger partial charge in [-0.15, -0.1) is 0 Å². The maximum atomic E-state index is 13.1. The second kappa shape index (κ2) is 9.59. The highest BCUT2D eigenvalue weighted by atomic mass is 16.2. The first-order valence-corrected chi connectivity index (χ1v) is 11.8. The fraction of sp³-hybridized carbons (Fsp3) is 0.286. The monoisotopic (exact) mass is 439 g/mol. The summed E-state index contributed by atoms with van der Waals surface area (Å²) in [5.74, 6) is -0.124. The molecular weight excluding hydrogens is 410 g/mol. The van der Waals surface area contributed by atoms with E-state index < -0.39 is 0 Å². The molecule has 2 aliphatic rings. The zero-order valence-corrected chi connectivity index (χ0v) is 18.8. The zero-order chi connectivity index (χ0) is 22.6. The van der Waals surface area contributed by atoms with E-state index in [-0.39, 0.29) is 11.8 Å². The number of amides is 2. The van der Waals surface area contributed by atoms with Gasteiger partial charge in [0.15, 0.2) is 0 Å². The van der Waals surface area contributed by atoms with Gasteiger partial charge in [0.2, 0.25) is 5.91 Å². The molecule has 2 aliphatic heterocycles. The van der Waals surface area contributed by atoms with Crippen LogP contribution in [0.4, 0.5) is 11.4 Å². The normalized spacial score (nSPS) is 16.1. The number of nitrogens with one attached hydrogen (secondary N) is 2. The van der Waals surface area contributed by atoms with Gasteiger partial charge in [0.25, 0.3) is 5.91 Å². The van der Waals surface area contributed by atoms with Crippen molar-refractivity contribution in [2.45, 2.75) is 38.6 Å². The molecule has 0 spiro atoms. The topological polar surface area (TPSA) is 61.4 Å². The van der Waals surface area contributed by atoms with Gasteiger partial charge in [-0.3, -0.25) is 14.5 Å². The summed E-state index contributed by atoms with van der Waals surface area (Å²) in [6.07, 6.45) is 5.00. The standard InChI is InChI=1S/C28H29N3O2/c32-27-14-11-21-9-12-24(18-26(21)30-27)29-28(33)22-10-13-25(20-7-3-1-4-8-20)23(17-22)19-31-15-5-2-6-16-31/h1,3-4,7-10,12-13,17-18H,2,5-6,11,14-16,19H2,(H,29,33)(H,30,32). The van der Waals surface area contributed by atoms with E-state index in [1.807, 2.05) is 36.4 Å². The molecule has 2 heterocycles. The first kappa shape index (κ1) is 21.4. The van der Waals surface area contributed by atoms with E-state index in [1.54, 1.807) is 0 Å². The summed E-state index contributed by atoms with van der Waals surface area (Å²) < 4.78 is 0. The molecule has 0 unspecified atom stereocenters. The third-order valence-electron chi connectivity index (χ3n) is 6.56. The predicted octanol–water partition coefficient (Wildman–Crippen LogP) is 5.48. The first-order valence-electron chi connectivity index (χ1n) is 11.8. The number of fused-ring (bicyclic) bond motifs is 1. The molecule has 2 amide bonds. The van der Waals surface area contributed by atoms with Gasteiger partial charge in [0.1, 0.15) is 0 Å². The minimum atomic E-state index is -0.142. The van der Waals surface area contributed by atoms with Gasteiger partial charge >= 0.3 is 0 Å². The molecule has 0 aliphatic carbocycles. The van der Waals surface area contributed by atoms with E-state index in [2.05, 4.69) is 45.9 Å². The number of likely N-dealkylation sites (tertiary alicyclic amines) is 1. The molecule has 3 aromatic carbocycles. The summed E-state index contributed by atoms with van der Waals surface area (Å²) in [6.45, 7) is 3.05. The van der Waals surface area contributed by atoms with Gasteiger partial charge in [-0.2, -0.15) is 0 Å². The molecule has 0 atom stereocenters. The van der Waals surface area contributed by atoms with Crippen LogP contribution in [0.2, 0.25) is 0 Å². The summed E-state index contributed by atoms with van der Waals surface area (Å²) in [4.78, 5) is 27.3. The summed E-state index contributed by atoms with van der Waals surface area (Å²) in [5, 5.41) is 5.91. The number of piperidine rings is 1. The van der Waals surface area contributed by atoms with E-state index in [0.717, 1.165) is 37.3 Å². The average Bonchev–Trinajstić information content (AvgIpc) is 2.85. The van der Waals surface area contributed by atoms with Gasteiger partial charge < -0.3 is 10.6 Å². The number of benzene rings is 3. The SMILES string of the molecule is O=C1CCc2ccc(NC(=O)c3ccc(-c4ccccc4)c(CN4CCCCC4)c3)cc2N1. The molecular formula is C28H29N3O2. The van der Waals surface area contributed by atoms with E-state index in [0.29, 0.717) is 17.7 Å². The van der Waals surface area contributed by atoms with Crippen LogP contribution in [0.1, 0.15) is 47.2 Å². The van der Waals surface area contributed by atoms with Crippen molar-refractivity contribution in [2.75, 3.05) is 23.7 Å². The zero-order valence-electron chi connectivity index (χ0n) is 18.8. The Bertz CT molecular complexity index is 1170. The molecule has 0 bridgehead atoms. The minimum Gasteiger partial charge on any atom is -0.326 e. The smallest absolute Gasteiger partial charge is 0.255 e. The maximum absolute atomic E-state index is 13.1. The highest BCUT2D eigenvalue weighted by Gasteiger charge is 2.18. The number of aryl methyl sites for hydroxylation is 1. The average molecular weight is 440 g/mol. The maximum Gasteiger partial charge on any atom is 0.255 e. The van der Waals surface area contributed by atoms with Crippen molar-refractivity contribution in [1.82, 2.24) is 4.90 Å². The number of hydrogen-bond acceptors (Lipinski definition) is 3. The van der Waals surface area contributed by atoms with Crippen molar-refractivity contribution in [1.29, 1.82) is 0 Å². The van der Waals surface area contributed by atoms with Crippen LogP contribution in [-0.2, 0) is 17.8 Å². The molecule has 168 valence electrons. The van der Waals surface area contributed by atoms with Crippen LogP contribution in [0.25, 0.3) is 11.1 Å². The Kier molecular flexibility index (Phi) is 6.22. The molecule has 33 heavy (non-hydrogen) atoms. The largest absolute Gasteiger partial charge is 0.326 e. The van der Waals surface area contributed by atoms with Crippen LogP contribution in [0, 0.1) is 0 Å². The molecule has 1 saturated heterocycles. The summed E-state index contributed by atoms with van der Waals surface area (Å²) in [6, 6.07) is 22.1. The number of hydrogen-bond donors (Lipinski definition) is 2. The lowest BCUT2D eigenvalue weighted by Crippen LogP contribution is -2.29. The fourth-order valence-corrected chi connectivity index (χ4v) is 4.78. The third kappa shape index (κ3) is 4.99. The van der Waals surface area contributed by atoms with Gasteiger partial charge in [-0.05, 0) is 78.9 Å². The molecule has 5 heteroatoms. The van der Waals surface area contributed by atoms with Gasteiger partial charge in [-0.1, -0.05) is 48.9 Å². The number of carbonyl (C=O) groups excluding carboxylic acids is 2. The first-order chi connectivity index (χ1) is 16.2. The van der Waals surface area contributed by atoms with E-state index >= 15 is 0 Å². The third-order valence-corrected chi connectivity index (χ3v) is 6.56. The highest BCUT2D eigenvalue weighted by Crippen LogP contribution is 2.29. The van der Waals surface area contributed by atoms with Crippen molar-refractivity contribution < 1.29 is 9.59 Å². The molecule has 5 nitrogen and oxygen atoms in total. The Balaban J connectivity index is 1.40. The number of carbonyl (C=O) groups is 2. The summed E-state index contributed by atoms with van der Waals surface area (Å²) in [7, 11) is 0. The number of anilines is 2. The lowest BCUT2D eigenvalue weighted by molar-refractivity contribution is -0.116. The molecule has 1 fully saturated rings. The van der Waals surface area contributed by atoms with E-state index in [1.165, 1.54) is 36.0 Å². The fourth-order valence-electron chi connectivity index (χ4n) is 4.78. The van der Waals surface area contributed by atoms with Crippen LogP contribution < -0.4 is 10.6 Å². The highest BCUT2D eigenvalue weighted by molar-refractivity contribution is 6.05. The van der Waals surface area contributed by atoms with Crippen LogP contribution >= 0.6 is 0 Å². The van der Waals surface area contributed by atoms with Crippen molar-refractivity contribution >= 4 is 23.2 Å². The van der Waals surface area contributed by atoms with Crippen molar-refractivity contribution in [3.63, 3.8) is 0 Å². The minimum absolute atomic E-state index is 0.0184. The molecule has 2 N–H and O–H groups in total. The molecule has 0 radical (unpaired) electrons.